The Hall–Kier alpha value is -0.440. The number of ether oxygens (including phenoxy) is 1. The molecule has 0 spiro atoms. The topological polar surface area (TPSA) is 119 Å². The molecule has 0 unspecified atom stereocenters. The van der Waals surface area contributed by atoms with Crippen molar-refractivity contribution in [1.29, 1.82) is 0 Å². The van der Waals surface area contributed by atoms with Crippen molar-refractivity contribution < 1.29 is 30.0 Å². The summed E-state index contributed by atoms with van der Waals surface area (Å²) in [4.78, 5) is 11.0. The maximum Gasteiger partial charge on any atom is 0.236 e. The van der Waals surface area contributed by atoms with Crippen LogP contribution in [-0.4, -0.2) is 69.5 Å². The lowest BCUT2D eigenvalue weighted by atomic mass is 9.98. The van der Waals surface area contributed by atoms with Gasteiger partial charge in [0.05, 0.1) is 6.61 Å². The van der Waals surface area contributed by atoms with Gasteiger partial charge in [0.15, 0.2) is 6.23 Å². The minimum Gasteiger partial charge on any atom is -0.394 e. The van der Waals surface area contributed by atoms with Crippen LogP contribution in [0.5, 0.6) is 0 Å². The summed E-state index contributed by atoms with van der Waals surface area (Å²) < 4.78 is 5.00. The number of nitrogens with one attached hydrogen (secondary N) is 1. The van der Waals surface area contributed by atoms with Gasteiger partial charge in [-0.1, -0.05) is 0 Å². The van der Waals surface area contributed by atoms with Crippen molar-refractivity contribution >= 4 is 17.5 Å². The van der Waals surface area contributed by atoms with Crippen LogP contribution in [-0.2, 0) is 9.53 Å². The first kappa shape index (κ1) is 13.6. The molecule has 1 saturated heterocycles. The summed E-state index contributed by atoms with van der Waals surface area (Å²) >= 11 is 5.24. The third-order valence-electron chi connectivity index (χ3n) is 2.32. The van der Waals surface area contributed by atoms with E-state index in [-0.39, 0.29) is 5.88 Å². The minimum absolute atomic E-state index is 0.324. The molecule has 94 valence electrons. The number of hydrogen-bond donors (Lipinski definition) is 5. The van der Waals surface area contributed by atoms with Crippen molar-refractivity contribution in [3.8, 4) is 0 Å². The van der Waals surface area contributed by atoms with Crippen LogP contribution < -0.4 is 5.32 Å². The molecule has 0 radical (unpaired) electrons. The molecule has 0 saturated carbocycles. The predicted octanol–water partition coefficient (Wildman–Crippen LogP) is -2.86. The molecule has 0 bridgehead atoms. The van der Waals surface area contributed by atoms with Gasteiger partial charge in [0.2, 0.25) is 5.91 Å². The molecular formula is C8H14ClNO6. The van der Waals surface area contributed by atoms with Crippen molar-refractivity contribution in [2.75, 3.05) is 12.5 Å². The van der Waals surface area contributed by atoms with Gasteiger partial charge in [0, 0.05) is 0 Å². The van der Waals surface area contributed by atoms with Gasteiger partial charge in [-0.25, -0.2) is 0 Å². The second-order valence-corrected chi connectivity index (χ2v) is 3.72. The average molecular weight is 256 g/mol. The second-order valence-electron chi connectivity index (χ2n) is 3.45. The number of amides is 1. The maximum absolute atomic E-state index is 11.0. The standard InChI is InChI=1S/C8H14ClNO6/c9-1-4(12)10-8-7(15)6(14)5(13)3(2-11)16-8/h3,5-8,11,13-15H,1-2H2,(H,10,12)/t3-,5-,6+,7+,8-/m1/s1. The second kappa shape index (κ2) is 5.76. The van der Waals surface area contributed by atoms with Crippen LogP contribution in [0.15, 0.2) is 0 Å². The van der Waals surface area contributed by atoms with E-state index < -0.39 is 43.2 Å². The zero-order valence-corrected chi connectivity index (χ0v) is 9.04. The quantitative estimate of drug-likeness (QED) is 0.346. The van der Waals surface area contributed by atoms with Crippen molar-refractivity contribution in [1.82, 2.24) is 5.32 Å². The van der Waals surface area contributed by atoms with Crippen molar-refractivity contribution in [3.05, 3.63) is 0 Å². The van der Waals surface area contributed by atoms with Crippen LogP contribution >= 0.6 is 11.6 Å². The van der Waals surface area contributed by atoms with Gasteiger partial charge in [-0.2, -0.15) is 0 Å². The Morgan fingerprint density at radius 1 is 1.25 bits per heavy atom. The van der Waals surface area contributed by atoms with Gasteiger partial charge in [0.25, 0.3) is 0 Å². The summed E-state index contributed by atoms with van der Waals surface area (Å²) in [6, 6.07) is 0. The number of alkyl halides is 1. The summed E-state index contributed by atoms with van der Waals surface area (Å²) in [5, 5.41) is 39.4. The number of carbonyl (C=O) groups is 1. The van der Waals surface area contributed by atoms with E-state index in [0.29, 0.717) is 0 Å². The summed E-state index contributed by atoms with van der Waals surface area (Å²) in [7, 11) is 0. The van der Waals surface area contributed by atoms with Gasteiger partial charge in [0.1, 0.15) is 30.3 Å². The largest absolute Gasteiger partial charge is 0.394 e. The van der Waals surface area contributed by atoms with E-state index in [1.807, 2.05) is 0 Å². The monoisotopic (exact) mass is 255 g/mol. The molecule has 1 heterocycles. The van der Waals surface area contributed by atoms with E-state index >= 15 is 0 Å². The fourth-order valence-corrected chi connectivity index (χ4v) is 1.50. The van der Waals surface area contributed by atoms with Crippen LogP contribution in [0, 0.1) is 0 Å². The van der Waals surface area contributed by atoms with Crippen molar-refractivity contribution in [3.63, 3.8) is 0 Å². The van der Waals surface area contributed by atoms with Gasteiger partial charge >= 0.3 is 0 Å². The van der Waals surface area contributed by atoms with E-state index in [9.17, 15) is 20.1 Å². The molecule has 5 N–H and O–H groups in total. The molecule has 16 heavy (non-hydrogen) atoms. The van der Waals surface area contributed by atoms with Crippen LogP contribution in [0.4, 0.5) is 0 Å². The molecule has 1 rings (SSSR count). The first-order chi connectivity index (χ1) is 7.51. The van der Waals surface area contributed by atoms with Crippen molar-refractivity contribution in [2.24, 2.45) is 0 Å². The number of aliphatic hydroxyl groups is 4. The summed E-state index contributed by atoms with van der Waals surface area (Å²) in [5.41, 5.74) is 0. The minimum atomic E-state index is -1.51. The molecule has 7 nitrogen and oxygen atoms in total. The number of halogens is 1. The first-order valence-electron chi connectivity index (χ1n) is 4.67. The highest BCUT2D eigenvalue weighted by molar-refractivity contribution is 6.27. The average Bonchev–Trinajstić information content (AvgIpc) is 2.29. The molecule has 0 aromatic carbocycles. The predicted molar refractivity (Wildman–Crippen MR) is 52.6 cm³/mol. The fraction of sp³-hybridized carbons (Fsp3) is 0.875. The molecular weight excluding hydrogens is 242 g/mol. The zero-order valence-electron chi connectivity index (χ0n) is 8.28. The van der Waals surface area contributed by atoms with Gasteiger partial charge < -0.3 is 30.5 Å². The fourth-order valence-electron chi connectivity index (χ4n) is 1.42. The van der Waals surface area contributed by atoms with Crippen LogP contribution in [0.25, 0.3) is 0 Å². The third kappa shape index (κ3) is 2.82. The molecule has 1 fully saturated rings. The molecule has 0 aromatic rings. The zero-order chi connectivity index (χ0) is 12.3. The summed E-state index contributed by atoms with van der Waals surface area (Å²) in [5.74, 6) is -0.916. The smallest absolute Gasteiger partial charge is 0.236 e. The number of carbonyl (C=O) groups excluding carboxylic acids is 1. The number of rotatable bonds is 3. The first-order valence-corrected chi connectivity index (χ1v) is 5.20. The number of hydrogen-bond acceptors (Lipinski definition) is 6. The highest BCUT2D eigenvalue weighted by Crippen LogP contribution is 2.19. The normalized spacial score (nSPS) is 39.4. The van der Waals surface area contributed by atoms with Crippen LogP contribution in [0.3, 0.4) is 0 Å². The van der Waals surface area contributed by atoms with Crippen LogP contribution in [0.1, 0.15) is 0 Å². The molecule has 1 aliphatic heterocycles. The van der Waals surface area contributed by atoms with Gasteiger partial charge in [-0.05, 0) is 0 Å². The van der Waals surface area contributed by atoms with E-state index in [0.717, 1.165) is 0 Å². The van der Waals surface area contributed by atoms with Gasteiger partial charge in [-0.15, -0.1) is 11.6 Å². The lowest BCUT2D eigenvalue weighted by Crippen LogP contribution is -2.63. The Morgan fingerprint density at radius 3 is 2.38 bits per heavy atom. The van der Waals surface area contributed by atoms with E-state index in [1.165, 1.54) is 0 Å². The Morgan fingerprint density at radius 2 is 1.88 bits per heavy atom. The summed E-state index contributed by atoms with van der Waals surface area (Å²) in [6.07, 6.45) is -6.68. The highest BCUT2D eigenvalue weighted by atomic mass is 35.5. The lowest BCUT2D eigenvalue weighted by molar-refractivity contribution is -0.235. The molecule has 1 amide bonds. The molecule has 1 aliphatic rings. The maximum atomic E-state index is 11.0. The Labute approximate surface area is 96.6 Å². The molecule has 0 aromatic heterocycles. The van der Waals surface area contributed by atoms with E-state index in [4.69, 9.17) is 21.4 Å². The Bertz CT molecular complexity index is 251. The SMILES string of the molecule is O=C(CCl)N[C@@H]1O[C@H](CO)[C@@H](O)[C@H](O)[C@@H]1O. The molecule has 5 atom stereocenters. The molecule has 8 heteroatoms. The van der Waals surface area contributed by atoms with E-state index in [2.05, 4.69) is 5.32 Å². The van der Waals surface area contributed by atoms with E-state index in [1.54, 1.807) is 0 Å². The number of aliphatic hydroxyl groups excluding tert-OH is 4. The van der Waals surface area contributed by atoms with Gasteiger partial charge in [-0.3, -0.25) is 4.79 Å². The van der Waals surface area contributed by atoms with Crippen LogP contribution in [0.2, 0.25) is 0 Å². The summed E-state index contributed by atoms with van der Waals surface area (Å²) in [6.45, 7) is -0.543. The molecule has 0 aliphatic carbocycles. The van der Waals surface area contributed by atoms with Crippen molar-refractivity contribution in [2.45, 2.75) is 30.6 Å². The lowest BCUT2D eigenvalue weighted by Gasteiger charge is -2.39. The highest BCUT2D eigenvalue weighted by Gasteiger charge is 2.43. The Balaban J connectivity index is 2.67. The third-order valence-corrected chi connectivity index (χ3v) is 2.56. The Kier molecular flexibility index (Phi) is 4.90.